The standard InChI is InChI=1S/C19H23N3O/c1-13-9-16(23-2)4-5-17(13)14-3-6-19-18(10-14)21-12-15-11-20-7-8-22(15)19/h3-6,9-10,15,20-21H,7-8,11-12H2,1-2H3. The van der Waals surface area contributed by atoms with Gasteiger partial charge in [-0.2, -0.15) is 0 Å². The van der Waals surface area contributed by atoms with Crippen LogP contribution in [-0.4, -0.2) is 39.3 Å². The zero-order valence-corrected chi connectivity index (χ0v) is 13.7. The minimum atomic E-state index is 0.560. The van der Waals surface area contributed by atoms with E-state index in [4.69, 9.17) is 4.74 Å². The Labute approximate surface area is 137 Å². The summed E-state index contributed by atoms with van der Waals surface area (Å²) in [6.07, 6.45) is 0. The lowest BCUT2D eigenvalue weighted by Crippen LogP contribution is -2.56. The smallest absolute Gasteiger partial charge is 0.119 e. The van der Waals surface area contributed by atoms with Crippen LogP contribution in [0.15, 0.2) is 36.4 Å². The lowest BCUT2D eigenvalue weighted by atomic mass is 9.97. The van der Waals surface area contributed by atoms with Crippen LogP contribution in [0.3, 0.4) is 0 Å². The van der Waals surface area contributed by atoms with Crippen molar-refractivity contribution in [2.45, 2.75) is 13.0 Å². The molecule has 0 saturated carbocycles. The lowest BCUT2D eigenvalue weighted by Gasteiger charge is -2.43. The molecule has 1 fully saturated rings. The first-order valence-electron chi connectivity index (χ1n) is 8.26. The second kappa shape index (κ2) is 5.78. The van der Waals surface area contributed by atoms with Gasteiger partial charge in [-0.3, -0.25) is 0 Å². The third-order valence-electron chi connectivity index (χ3n) is 4.93. The predicted molar refractivity (Wildman–Crippen MR) is 95.7 cm³/mol. The van der Waals surface area contributed by atoms with Gasteiger partial charge in [0.15, 0.2) is 0 Å². The van der Waals surface area contributed by atoms with Crippen molar-refractivity contribution < 1.29 is 4.74 Å². The van der Waals surface area contributed by atoms with E-state index in [9.17, 15) is 0 Å². The van der Waals surface area contributed by atoms with E-state index in [1.54, 1.807) is 7.11 Å². The SMILES string of the molecule is COc1ccc(-c2ccc3c(c2)NCC2CNCCN32)c(C)c1. The number of rotatable bonds is 2. The third kappa shape index (κ3) is 2.53. The number of ether oxygens (including phenoxy) is 1. The van der Waals surface area contributed by atoms with E-state index in [0.29, 0.717) is 6.04 Å². The Morgan fingerprint density at radius 1 is 1.13 bits per heavy atom. The number of piperazine rings is 1. The number of fused-ring (bicyclic) bond motifs is 3. The number of nitrogens with one attached hydrogen (secondary N) is 2. The van der Waals surface area contributed by atoms with Crippen LogP contribution in [0, 0.1) is 6.92 Å². The summed E-state index contributed by atoms with van der Waals surface area (Å²) in [7, 11) is 1.71. The van der Waals surface area contributed by atoms with Crippen molar-refractivity contribution in [3.63, 3.8) is 0 Å². The van der Waals surface area contributed by atoms with E-state index < -0.39 is 0 Å². The second-order valence-electron chi connectivity index (χ2n) is 6.35. The first-order valence-corrected chi connectivity index (χ1v) is 8.26. The van der Waals surface area contributed by atoms with E-state index in [1.807, 2.05) is 6.07 Å². The fraction of sp³-hybridized carbons (Fsp3) is 0.368. The van der Waals surface area contributed by atoms with Crippen molar-refractivity contribution in [3.8, 4) is 16.9 Å². The van der Waals surface area contributed by atoms with Crippen molar-refractivity contribution in [3.05, 3.63) is 42.0 Å². The number of anilines is 2. The molecule has 0 amide bonds. The molecule has 0 bridgehead atoms. The van der Waals surface area contributed by atoms with Crippen LogP contribution in [0.2, 0.25) is 0 Å². The second-order valence-corrected chi connectivity index (χ2v) is 6.35. The number of aryl methyl sites for hydroxylation is 1. The van der Waals surface area contributed by atoms with Crippen LogP contribution >= 0.6 is 0 Å². The Balaban J connectivity index is 1.70. The van der Waals surface area contributed by atoms with Gasteiger partial charge in [0.2, 0.25) is 0 Å². The molecule has 0 spiro atoms. The third-order valence-corrected chi connectivity index (χ3v) is 4.93. The molecule has 23 heavy (non-hydrogen) atoms. The van der Waals surface area contributed by atoms with Crippen LogP contribution in [0.4, 0.5) is 11.4 Å². The van der Waals surface area contributed by atoms with Gasteiger partial charge in [-0.25, -0.2) is 0 Å². The van der Waals surface area contributed by atoms with Gasteiger partial charge >= 0.3 is 0 Å². The molecule has 0 aliphatic carbocycles. The summed E-state index contributed by atoms with van der Waals surface area (Å²) in [6, 6.07) is 13.6. The summed E-state index contributed by atoms with van der Waals surface area (Å²) < 4.78 is 5.31. The summed E-state index contributed by atoms with van der Waals surface area (Å²) >= 11 is 0. The van der Waals surface area contributed by atoms with Gasteiger partial charge in [0.25, 0.3) is 0 Å². The van der Waals surface area contributed by atoms with E-state index in [-0.39, 0.29) is 0 Å². The maximum Gasteiger partial charge on any atom is 0.119 e. The number of methoxy groups -OCH3 is 1. The molecule has 1 saturated heterocycles. The highest BCUT2D eigenvalue weighted by molar-refractivity contribution is 5.81. The molecule has 1 atom stereocenters. The monoisotopic (exact) mass is 309 g/mol. The van der Waals surface area contributed by atoms with Gasteiger partial charge < -0.3 is 20.3 Å². The molecule has 2 heterocycles. The first-order chi connectivity index (χ1) is 11.3. The normalized spacial score (nSPS) is 19.6. The van der Waals surface area contributed by atoms with Crippen LogP contribution in [0.5, 0.6) is 5.75 Å². The van der Waals surface area contributed by atoms with Crippen LogP contribution in [-0.2, 0) is 0 Å². The highest BCUT2D eigenvalue weighted by Crippen LogP contribution is 2.37. The van der Waals surface area contributed by atoms with Gasteiger partial charge in [-0.15, -0.1) is 0 Å². The molecule has 2 aliphatic heterocycles. The Kier molecular flexibility index (Phi) is 3.62. The fourth-order valence-electron chi connectivity index (χ4n) is 3.67. The molecule has 0 radical (unpaired) electrons. The molecular formula is C19H23N3O. The first kappa shape index (κ1) is 14.4. The number of hydrogen-bond donors (Lipinski definition) is 2. The van der Waals surface area contributed by atoms with Gasteiger partial charge in [0.1, 0.15) is 5.75 Å². The highest BCUT2D eigenvalue weighted by Gasteiger charge is 2.28. The fourth-order valence-corrected chi connectivity index (χ4v) is 3.67. The molecule has 2 N–H and O–H groups in total. The zero-order chi connectivity index (χ0) is 15.8. The largest absolute Gasteiger partial charge is 0.497 e. The van der Waals surface area contributed by atoms with Crippen molar-refractivity contribution in [2.75, 3.05) is 43.5 Å². The van der Waals surface area contributed by atoms with E-state index >= 15 is 0 Å². The number of benzene rings is 2. The minimum absolute atomic E-state index is 0.560. The van der Waals surface area contributed by atoms with E-state index in [2.05, 4.69) is 52.8 Å². The highest BCUT2D eigenvalue weighted by atomic mass is 16.5. The molecule has 2 aromatic carbocycles. The Bertz CT molecular complexity index is 729. The van der Waals surface area contributed by atoms with E-state index in [1.165, 1.54) is 28.1 Å². The maximum absolute atomic E-state index is 5.31. The summed E-state index contributed by atoms with van der Waals surface area (Å²) in [6.45, 7) is 6.35. The molecule has 4 heteroatoms. The zero-order valence-electron chi connectivity index (χ0n) is 13.7. The van der Waals surface area contributed by atoms with Crippen LogP contribution in [0.1, 0.15) is 5.56 Å². The average Bonchev–Trinajstić information content (AvgIpc) is 2.61. The molecule has 2 aliphatic rings. The lowest BCUT2D eigenvalue weighted by molar-refractivity contribution is 0.414. The average molecular weight is 309 g/mol. The molecule has 120 valence electrons. The number of hydrogen-bond acceptors (Lipinski definition) is 4. The molecule has 1 unspecified atom stereocenters. The van der Waals surface area contributed by atoms with Gasteiger partial charge in [-0.1, -0.05) is 12.1 Å². The summed E-state index contributed by atoms with van der Waals surface area (Å²) in [5.41, 5.74) is 6.33. The Hall–Kier alpha value is -2.20. The molecule has 0 aromatic heterocycles. The van der Waals surface area contributed by atoms with E-state index in [0.717, 1.165) is 31.9 Å². The maximum atomic E-state index is 5.31. The Morgan fingerprint density at radius 3 is 2.87 bits per heavy atom. The minimum Gasteiger partial charge on any atom is -0.497 e. The van der Waals surface area contributed by atoms with Gasteiger partial charge in [-0.05, 0) is 47.9 Å². The Morgan fingerprint density at radius 2 is 2.04 bits per heavy atom. The number of nitrogens with zero attached hydrogens (tertiary/aromatic N) is 1. The quantitative estimate of drug-likeness (QED) is 0.894. The summed E-state index contributed by atoms with van der Waals surface area (Å²) in [5, 5.41) is 7.08. The predicted octanol–water partition coefficient (Wildman–Crippen LogP) is 2.87. The van der Waals surface area contributed by atoms with Crippen molar-refractivity contribution >= 4 is 11.4 Å². The van der Waals surface area contributed by atoms with Crippen molar-refractivity contribution in [1.29, 1.82) is 0 Å². The van der Waals surface area contributed by atoms with Crippen molar-refractivity contribution in [2.24, 2.45) is 0 Å². The van der Waals surface area contributed by atoms with Gasteiger partial charge in [0, 0.05) is 26.2 Å². The molecule has 4 nitrogen and oxygen atoms in total. The topological polar surface area (TPSA) is 36.5 Å². The van der Waals surface area contributed by atoms with Crippen LogP contribution in [0.25, 0.3) is 11.1 Å². The summed E-state index contributed by atoms with van der Waals surface area (Å²) in [5.74, 6) is 0.908. The van der Waals surface area contributed by atoms with Crippen LogP contribution < -0.4 is 20.3 Å². The summed E-state index contributed by atoms with van der Waals surface area (Å²) in [4.78, 5) is 2.53. The van der Waals surface area contributed by atoms with Gasteiger partial charge in [0.05, 0.1) is 24.5 Å². The molecule has 4 rings (SSSR count). The van der Waals surface area contributed by atoms with Crippen molar-refractivity contribution in [1.82, 2.24) is 5.32 Å². The molecular weight excluding hydrogens is 286 g/mol. The molecule has 2 aromatic rings.